The van der Waals surface area contributed by atoms with Gasteiger partial charge in [-0.2, -0.15) is 0 Å². The first-order valence-corrected chi connectivity index (χ1v) is 10.5. The Labute approximate surface area is 178 Å². The van der Waals surface area contributed by atoms with E-state index in [9.17, 15) is 4.79 Å². The molecule has 1 amide bonds. The van der Waals surface area contributed by atoms with Crippen LogP contribution in [0.2, 0.25) is 10.0 Å². The van der Waals surface area contributed by atoms with Crippen molar-refractivity contribution in [1.29, 1.82) is 0 Å². The van der Waals surface area contributed by atoms with Gasteiger partial charge < -0.3 is 11.1 Å². The van der Waals surface area contributed by atoms with Crippen LogP contribution < -0.4 is 11.1 Å². The highest BCUT2D eigenvalue weighted by Gasteiger charge is 2.20. The van der Waals surface area contributed by atoms with Gasteiger partial charge in [-0.15, -0.1) is 11.8 Å². The van der Waals surface area contributed by atoms with Crippen molar-refractivity contribution >= 4 is 46.6 Å². The van der Waals surface area contributed by atoms with Gasteiger partial charge in [0.1, 0.15) is 0 Å². The molecule has 2 aromatic carbocycles. The van der Waals surface area contributed by atoms with Crippen molar-refractivity contribution in [3.05, 3.63) is 93.7 Å². The van der Waals surface area contributed by atoms with Gasteiger partial charge in [0.2, 0.25) is 0 Å². The summed E-state index contributed by atoms with van der Waals surface area (Å²) < 4.78 is 0. The number of nitrogens with two attached hydrogens (primary N) is 1. The second kappa shape index (κ2) is 9.82. The zero-order valence-electron chi connectivity index (χ0n) is 14.9. The zero-order valence-corrected chi connectivity index (χ0v) is 17.3. The molecule has 1 atom stereocenters. The number of nitrogen functional groups attached to an aromatic ring is 1. The summed E-state index contributed by atoms with van der Waals surface area (Å²) in [6, 6.07) is 16.6. The maximum atomic E-state index is 12.2. The highest BCUT2D eigenvalue weighted by atomic mass is 35.5. The second-order valence-electron chi connectivity index (χ2n) is 6.04. The van der Waals surface area contributed by atoms with Gasteiger partial charge >= 0.3 is 0 Å². The van der Waals surface area contributed by atoms with Crippen molar-refractivity contribution < 1.29 is 4.79 Å². The van der Waals surface area contributed by atoms with E-state index in [-0.39, 0.29) is 11.2 Å². The predicted molar refractivity (Wildman–Crippen MR) is 118 cm³/mol. The maximum absolute atomic E-state index is 12.2. The molecular formula is C21H19Cl2N3OS. The lowest BCUT2D eigenvalue weighted by atomic mass is 10.0. The van der Waals surface area contributed by atoms with E-state index in [0.717, 1.165) is 11.1 Å². The van der Waals surface area contributed by atoms with Crippen molar-refractivity contribution in [2.24, 2.45) is 0 Å². The molecule has 0 aliphatic rings. The first kappa shape index (κ1) is 20.5. The van der Waals surface area contributed by atoms with Crippen molar-refractivity contribution in [3.63, 3.8) is 0 Å². The van der Waals surface area contributed by atoms with Crippen molar-refractivity contribution in [1.82, 2.24) is 10.3 Å². The van der Waals surface area contributed by atoms with E-state index >= 15 is 0 Å². The molecule has 0 saturated heterocycles. The highest BCUT2D eigenvalue weighted by molar-refractivity contribution is 7.99. The van der Waals surface area contributed by atoms with Crippen LogP contribution in [0.25, 0.3) is 0 Å². The second-order valence-corrected chi connectivity index (χ2v) is 8.10. The molecule has 1 unspecified atom stereocenters. The Hall–Kier alpha value is -2.21. The Balaban J connectivity index is 1.72. The molecule has 0 radical (unpaired) electrons. The van der Waals surface area contributed by atoms with E-state index in [1.165, 1.54) is 0 Å². The van der Waals surface area contributed by atoms with Gasteiger partial charge in [-0.1, -0.05) is 41.4 Å². The summed E-state index contributed by atoms with van der Waals surface area (Å²) in [5.74, 6) is 0.527. The van der Waals surface area contributed by atoms with Crippen molar-refractivity contribution in [3.8, 4) is 0 Å². The van der Waals surface area contributed by atoms with Crippen LogP contribution in [-0.2, 0) is 0 Å². The number of benzene rings is 2. The molecular weight excluding hydrogens is 413 g/mol. The first-order valence-electron chi connectivity index (χ1n) is 8.65. The minimum atomic E-state index is -0.148. The van der Waals surface area contributed by atoms with E-state index in [1.54, 1.807) is 48.4 Å². The van der Waals surface area contributed by atoms with Crippen molar-refractivity contribution in [2.75, 3.05) is 18.0 Å². The number of thioether (sulfide) groups is 1. The van der Waals surface area contributed by atoms with E-state index in [1.807, 2.05) is 30.3 Å². The predicted octanol–water partition coefficient (Wildman–Crippen LogP) is 5.22. The number of carbonyl (C=O) groups is 1. The number of rotatable bonds is 7. The topological polar surface area (TPSA) is 68.0 Å². The molecule has 7 heteroatoms. The first-order chi connectivity index (χ1) is 13.6. The molecule has 144 valence electrons. The van der Waals surface area contributed by atoms with Gasteiger partial charge in [0, 0.05) is 40.4 Å². The maximum Gasteiger partial charge on any atom is 0.252 e. The number of pyridine rings is 1. The van der Waals surface area contributed by atoms with E-state index in [0.29, 0.717) is 33.6 Å². The fourth-order valence-electron chi connectivity index (χ4n) is 2.75. The van der Waals surface area contributed by atoms with E-state index in [4.69, 9.17) is 28.9 Å². The third kappa shape index (κ3) is 5.19. The summed E-state index contributed by atoms with van der Waals surface area (Å²) in [4.78, 5) is 16.1. The fourth-order valence-corrected chi connectivity index (χ4v) is 4.46. The smallest absolute Gasteiger partial charge is 0.252 e. The largest absolute Gasteiger partial charge is 0.398 e. The quantitative estimate of drug-likeness (QED) is 0.397. The van der Waals surface area contributed by atoms with Gasteiger partial charge in [0.25, 0.3) is 5.91 Å². The number of aromatic nitrogens is 1. The van der Waals surface area contributed by atoms with Crippen LogP contribution in [0.1, 0.15) is 26.7 Å². The molecule has 0 bridgehead atoms. The van der Waals surface area contributed by atoms with Crippen LogP contribution in [0.4, 0.5) is 5.69 Å². The molecule has 3 rings (SSSR count). The molecule has 0 saturated carbocycles. The molecule has 1 aromatic heterocycles. The Morgan fingerprint density at radius 2 is 1.93 bits per heavy atom. The van der Waals surface area contributed by atoms with Crippen LogP contribution in [0.3, 0.4) is 0 Å². The standard InChI is InChI=1S/C21H19Cl2N3OS/c22-15-7-8-19(24)17(12-15)20(16-5-1-2-6-18(16)23)28-11-10-26-21(27)14-4-3-9-25-13-14/h1-9,12-13,20H,10-11,24H2,(H,26,27). The summed E-state index contributed by atoms with van der Waals surface area (Å²) >= 11 is 14.3. The van der Waals surface area contributed by atoms with Crippen molar-refractivity contribution in [2.45, 2.75) is 5.25 Å². The molecule has 28 heavy (non-hydrogen) atoms. The number of anilines is 1. The summed E-state index contributed by atoms with van der Waals surface area (Å²) in [6.45, 7) is 0.500. The molecule has 4 nitrogen and oxygen atoms in total. The van der Waals surface area contributed by atoms with Gasteiger partial charge in [-0.25, -0.2) is 0 Å². The van der Waals surface area contributed by atoms with Crippen LogP contribution in [-0.4, -0.2) is 23.2 Å². The number of carbonyl (C=O) groups excluding carboxylic acids is 1. The summed E-state index contributed by atoms with van der Waals surface area (Å²) in [7, 11) is 0. The highest BCUT2D eigenvalue weighted by Crippen LogP contribution is 2.41. The lowest BCUT2D eigenvalue weighted by Crippen LogP contribution is -2.26. The van der Waals surface area contributed by atoms with Crippen LogP contribution in [0.15, 0.2) is 67.0 Å². The molecule has 0 fully saturated rings. The fraction of sp³-hybridized carbons (Fsp3) is 0.143. The monoisotopic (exact) mass is 431 g/mol. The Morgan fingerprint density at radius 3 is 2.68 bits per heavy atom. The minimum absolute atomic E-state index is 0.0947. The summed E-state index contributed by atoms with van der Waals surface area (Å²) in [5, 5.41) is 4.10. The third-order valence-electron chi connectivity index (χ3n) is 4.11. The molecule has 3 aromatic rings. The normalized spacial score (nSPS) is 11.8. The van der Waals surface area contributed by atoms with Gasteiger partial charge in [0.15, 0.2) is 0 Å². The lowest BCUT2D eigenvalue weighted by molar-refractivity contribution is 0.0956. The third-order valence-corrected chi connectivity index (χ3v) is 5.98. The van der Waals surface area contributed by atoms with Gasteiger partial charge in [0.05, 0.1) is 10.8 Å². The lowest BCUT2D eigenvalue weighted by Gasteiger charge is -2.21. The molecule has 0 aliphatic heterocycles. The van der Waals surface area contributed by atoms with Crippen LogP contribution >= 0.6 is 35.0 Å². The molecule has 3 N–H and O–H groups in total. The van der Waals surface area contributed by atoms with Crippen LogP contribution in [0, 0.1) is 0 Å². The Morgan fingerprint density at radius 1 is 1.11 bits per heavy atom. The summed E-state index contributed by atoms with van der Waals surface area (Å²) in [5.41, 5.74) is 9.27. The Kier molecular flexibility index (Phi) is 7.20. The average Bonchev–Trinajstić information content (AvgIpc) is 2.71. The minimum Gasteiger partial charge on any atom is -0.398 e. The zero-order chi connectivity index (χ0) is 19.9. The average molecular weight is 432 g/mol. The molecule has 0 aliphatic carbocycles. The van der Waals surface area contributed by atoms with Crippen LogP contribution in [0.5, 0.6) is 0 Å². The number of hydrogen-bond acceptors (Lipinski definition) is 4. The SMILES string of the molecule is Nc1ccc(Cl)cc1C(SCCNC(=O)c1cccnc1)c1ccccc1Cl. The van der Waals surface area contributed by atoms with Gasteiger partial charge in [-0.05, 0) is 47.5 Å². The van der Waals surface area contributed by atoms with E-state index in [2.05, 4.69) is 10.3 Å². The molecule has 0 spiro atoms. The number of nitrogens with zero attached hydrogens (tertiary/aromatic N) is 1. The number of amides is 1. The number of nitrogens with one attached hydrogen (secondary N) is 1. The number of halogens is 2. The van der Waals surface area contributed by atoms with Gasteiger partial charge in [-0.3, -0.25) is 9.78 Å². The Bertz CT molecular complexity index is 953. The summed E-state index contributed by atoms with van der Waals surface area (Å²) in [6.07, 6.45) is 3.18. The van der Waals surface area contributed by atoms with E-state index < -0.39 is 0 Å². The number of hydrogen-bond donors (Lipinski definition) is 2. The molecule has 1 heterocycles.